The maximum Gasteiger partial charge on any atom is 0.387 e. The number of para-hydroxylation sites is 1. The molecule has 0 unspecified atom stereocenters. The molecular formula is C16H11F2NO4. The summed E-state index contributed by atoms with van der Waals surface area (Å²) >= 11 is 0. The van der Waals surface area contributed by atoms with Crippen LogP contribution in [0, 0.1) is 10.1 Å². The Morgan fingerprint density at radius 1 is 1.17 bits per heavy atom. The number of alkyl halides is 2. The molecule has 118 valence electrons. The number of nitro benzene ring substituents is 1. The summed E-state index contributed by atoms with van der Waals surface area (Å²) in [5.41, 5.74) is 0.315. The Hall–Kier alpha value is -3.09. The Morgan fingerprint density at radius 2 is 1.91 bits per heavy atom. The molecule has 23 heavy (non-hydrogen) atoms. The molecule has 2 aromatic rings. The molecule has 0 atom stereocenters. The topological polar surface area (TPSA) is 69.4 Å². The molecule has 2 aromatic carbocycles. The lowest BCUT2D eigenvalue weighted by atomic mass is 10.1. The Kier molecular flexibility index (Phi) is 5.14. The van der Waals surface area contributed by atoms with E-state index in [1.54, 1.807) is 6.07 Å². The van der Waals surface area contributed by atoms with Gasteiger partial charge in [0.25, 0.3) is 5.69 Å². The predicted octanol–water partition coefficient (Wildman–Crippen LogP) is 4.09. The molecule has 0 aliphatic heterocycles. The van der Waals surface area contributed by atoms with Crippen molar-refractivity contribution in [2.45, 2.75) is 6.61 Å². The van der Waals surface area contributed by atoms with E-state index in [4.69, 9.17) is 0 Å². The molecule has 5 nitrogen and oxygen atoms in total. The van der Waals surface area contributed by atoms with Crippen LogP contribution < -0.4 is 4.74 Å². The zero-order valence-corrected chi connectivity index (χ0v) is 11.7. The summed E-state index contributed by atoms with van der Waals surface area (Å²) in [4.78, 5) is 22.2. The van der Waals surface area contributed by atoms with Crippen LogP contribution in [0.3, 0.4) is 0 Å². The molecule has 0 bridgehead atoms. The van der Waals surface area contributed by atoms with Crippen molar-refractivity contribution in [3.8, 4) is 5.75 Å². The van der Waals surface area contributed by atoms with Gasteiger partial charge in [-0.3, -0.25) is 14.9 Å². The largest absolute Gasteiger partial charge is 0.434 e. The molecule has 0 radical (unpaired) electrons. The van der Waals surface area contributed by atoms with Crippen LogP contribution >= 0.6 is 0 Å². The van der Waals surface area contributed by atoms with Gasteiger partial charge in [-0.05, 0) is 23.8 Å². The van der Waals surface area contributed by atoms with E-state index in [9.17, 15) is 23.7 Å². The molecule has 0 aliphatic carbocycles. The fraction of sp³-hybridized carbons (Fsp3) is 0.0625. The van der Waals surface area contributed by atoms with Crippen LogP contribution in [0.25, 0.3) is 6.08 Å². The molecule has 7 heteroatoms. The Morgan fingerprint density at radius 3 is 2.61 bits per heavy atom. The van der Waals surface area contributed by atoms with E-state index < -0.39 is 17.3 Å². The summed E-state index contributed by atoms with van der Waals surface area (Å²) in [6.07, 6.45) is 2.52. The second kappa shape index (κ2) is 7.26. The van der Waals surface area contributed by atoms with Gasteiger partial charge in [0, 0.05) is 12.1 Å². The highest BCUT2D eigenvalue weighted by molar-refractivity contribution is 6.08. The number of benzene rings is 2. The van der Waals surface area contributed by atoms with E-state index in [0.29, 0.717) is 5.56 Å². The number of ether oxygens (including phenoxy) is 1. The van der Waals surface area contributed by atoms with Crippen LogP contribution in [0.4, 0.5) is 14.5 Å². The van der Waals surface area contributed by atoms with Crippen molar-refractivity contribution in [3.63, 3.8) is 0 Å². The number of non-ortho nitro benzene ring substituents is 1. The Bertz CT molecular complexity index is 759. The van der Waals surface area contributed by atoms with Gasteiger partial charge >= 0.3 is 6.61 Å². The number of halogens is 2. The summed E-state index contributed by atoms with van der Waals surface area (Å²) in [6.45, 7) is -3.04. The minimum Gasteiger partial charge on any atom is -0.434 e. The minimum absolute atomic E-state index is 0.0190. The van der Waals surface area contributed by atoms with Crippen molar-refractivity contribution in [2.75, 3.05) is 0 Å². The third kappa shape index (κ3) is 4.44. The molecule has 0 aromatic heterocycles. The normalized spacial score (nSPS) is 10.9. The maximum absolute atomic E-state index is 12.3. The lowest BCUT2D eigenvalue weighted by Gasteiger charge is -2.07. The molecule has 2 rings (SSSR count). The highest BCUT2D eigenvalue weighted by Gasteiger charge is 2.13. The summed E-state index contributed by atoms with van der Waals surface area (Å²) in [6, 6.07) is 11.3. The zero-order chi connectivity index (χ0) is 16.8. The number of carbonyl (C=O) groups excluding carboxylic acids is 1. The molecule has 0 amide bonds. The second-order valence-corrected chi connectivity index (χ2v) is 4.42. The number of nitrogens with zero attached hydrogens (tertiary/aromatic N) is 1. The smallest absolute Gasteiger partial charge is 0.387 e. The van der Waals surface area contributed by atoms with Gasteiger partial charge in [-0.15, -0.1) is 0 Å². The van der Waals surface area contributed by atoms with Gasteiger partial charge in [0.1, 0.15) is 5.75 Å². The first-order valence-electron chi connectivity index (χ1n) is 6.48. The molecule has 0 saturated heterocycles. The van der Waals surface area contributed by atoms with Gasteiger partial charge in [0.15, 0.2) is 5.78 Å². The van der Waals surface area contributed by atoms with E-state index in [1.165, 1.54) is 48.5 Å². The summed E-state index contributed by atoms with van der Waals surface area (Å²) in [5.74, 6) is -0.774. The van der Waals surface area contributed by atoms with Crippen LogP contribution in [-0.2, 0) is 0 Å². The van der Waals surface area contributed by atoms with Gasteiger partial charge in [-0.25, -0.2) is 0 Å². The monoisotopic (exact) mass is 319 g/mol. The Labute approximate surface area is 130 Å². The zero-order valence-electron chi connectivity index (χ0n) is 11.7. The van der Waals surface area contributed by atoms with Gasteiger partial charge in [-0.2, -0.15) is 8.78 Å². The second-order valence-electron chi connectivity index (χ2n) is 4.42. The van der Waals surface area contributed by atoms with E-state index in [2.05, 4.69) is 4.74 Å². The first-order valence-corrected chi connectivity index (χ1v) is 6.48. The molecule has 0 saturated carbocycles. The molecule has 0 heterocycles. The number of rotatable bonds is 6. The predicted molar refractivity (Wildman–Crippen MR) is 79.5 cm³/mol. The maximum atomic E-state index is 12.3. The number of carbonyl (C=O) groups is 1. The van der Waals surface area contributed by atoms with Crippen molar-refractivity contribution in [2.24, 2.45) is 0 Å². The number of hydrogen-bond donors (Lipinski definition) is 0. The van der Waals surface area contributed by atoms with E-state index >= 15 is 0 Å². The van der Waals surface area contributed by atoms with Crippen LogP contribution in [0.15, 0.2) is 54.6 Å². The first kappa shape index (κ1) is 16.3. The third-order valence-corrected chi connectivity index (χ3v) is 2.88. The lowest BCUT2D eigenvalue weighted by Crippen LogP contribution is -2.06. The van der Waals surface area contributed by atoms with Crippen molar-refractivity contribution >= 4 is 17.5 Å². The van der Waals surface area contributed by atoms with Gasteiger partial charge in [-0.1, -0.05) is 30.3 Å². The Balaban J connectivity index is 2.22. The van der Waals surface area contributed by atoms with Crippen molar-refractivity contribution in [1.29, 1.82) is 0 Å². The number of hydrogen-bond acceptors (Lipinski definition) is 4. The van der Waals surface area contributed by atoms with Gasteiger partial charge < -0.3 is 4.74 Å². The van der Waals surface area contributed by atoms with Crippen molar-refractivity contribution in [1.82, 2.24) is 0 Å². The van der Waals surface area contributed by atoms with E-state index in [-0.39, 0.29) is 17.0 Å². The van der Waals surface area contributed by atoms with Gasteiger partial charge in [0.05, 0.1) is 10.5 Å². The fourth-order valence-electron chi connectivity index (χ4n) is 1.87. The van der Waals surface area contributed by atoms with Crippen LogP contribution in [0.5, 0.6) is 5.75 Å². The first-order chi connectivity index (χ1) is 11.0. The standard InChI is InChI=1S/C16H11F2NO4/c17-16(18)23-15-7-2-1-6-13(15)14(20)9-8-11-4-3-5-12(10-11)19(21)22/h1-10,16H/b9-8+. The molecule has 0 fully saturated rings. The third-order valence-electron chi connectivity index (χ3n) is 2.88. The summed E-state index contributed by atoms with van der Waals surface area (Å²) in [7, 11) is 0. The minimum atomic E-state index is -3.04. The highest BCUT2D eigenvalue weighted by atomic mass is 19.3. The quantitative estimate of drug-likeness (QED) is 0.348. The fourth-order valence-corrected chi connectivity index (χ4v) is 1.87. The average molecular weight is 319 g/mol. The SMILES string of the molecule is O=C(/C=C/c1cccc([N+](=O)[O-])c1)c1ccccc1OC(F)F. The molecule has 0 spiro atoms. The van der Waals surface area contributed by atoms with Crippen molar-refractivity contribution < 1.29 is 23.2 Å². The lowest BCUT2D eigenvalue weighted by molar-refractivity contribution is -0.384. The van der Waals surface area contributed by atoms with E-state index in [1.807, 2.05) is 0 Å². The molecule has 0 aliphatic rings. The average Bonchev–Trinajstić information content (AvgIpc) is 2.53. The molecular weight excluding hydrogens is 308 g/mol. The molecule has 0 N–H and O–H groups in total. The number of ketones is 1. The van der Waals surface area contributed by atoms with Crippen molar-refractivity contribution in [3.05, 3.63) is 75.8 Å². The number of nitro groups is 1. The van der Waals surface area contributed by atoms with Crippen LogP contribution in [0.2, 0.25) is 0 Å². The number of allylic oxidation sites excluding steroid dienone is 1. The highest BCUT2D eigenvalue weighted by Crippen LogP contribution is 2.22. The van der Waals surface area contributed by atoms with E-state index in [0.717, 1.165) is 6.08 Å². The van der Waals surface area contributed by atoms with Crippen LogP contribution in [-0.4, -0.2) is 17.3 Å². The van der Waals surface area contributed by atoms with Gasteiger partial charge in [0.2, 0.25) is 0 Å². The summed E-state index contributed by atoms with van der Waals surface area (Å²) in [5, 5.41) is 10.7. The summed E-state index contributed by atoms with van der Waals surface area (Å²) < 4.78 is 28.9. The van der Waals surface area contributed by atoms with Crippen LogP contribution in [0.1, 0.15) is 15.9 Å².